The van der Waals surface area contributed by atoms with Gasteiger partial charge in [-0.3, -0.25) is 4.79 Å². The van der Waals surface area contributed by atoms with Crippen LogP contribution < -0.4 is 5.32 Å². The van der Waals surface area contributed by atoms with E-state index in [4.69, 9.17) is 0 Å². The molecule has 1 aliphatic rings. The lowest BCUT2D eigenvalue weighted by Gasteiger charge is -2.13. The van der Waals surface area contributed by atoms with Crippen LogP contribution in [0, 0.1) is 5.92 Å². The average Bonchev–Trinajstić information content (AvgIpc) is 3.04. The summed E-state index contributed by atoms with van der Waals surface area (Å²) >= 11 is 1.67. The Morgan fingerprint density at radius 3 is 2.62 bits per heavy atom. The molecule has 2 N–H and O–H groups in total. The number of hydrogen-bond donors (Lipinski definition) is 2. The zero-order valence-corrected chi connectivity index (χ0v) is 13.5. The van der Waals surface area contributed by atoms with Gasteiger partial charge in [-0.05, 0) is 36.3 Å². The molecule has 0 radical (unpaired) electrons. The van der Waals surface area contributed by atoms with Crippen LogP contribution in [0.25, 0.3) is 0 Å². The molecular formula is C17H25NO2S. The van der Waals surface area contributed by atoms with E-state index in [1.54, 1.807) is 11.8 Å². The number of carbonyl (C=O) groups is 1. The van der Waals surface area contributed by atoms with Crippen molar-refractivity contribution >= 4 is 17.7 Å². The van der Waals surface area contributed by atoms with Gasteiger partial charge in [0.15, 0.2) is 0 Å². The van der Waals surface area contributed by atoms with Crippen molar-refractivity contribution in [3.05, 3.63) is 29.8 Å². The monoisotopic (exact) mass is 307 g/mol. The van der Waals surface area contributed by atoms with Crippen molar-refractivity contribution in [3.8, 4) is 0 Å². The first-order valence-electron chi connectivity index (χ1n) is 7.77. The summed E-state index contributed by atoms with van der Waals surface area (Å²) in [6.07, 6.45) is 8.16. The third-order valence-corrected chi connectivity index (χ3v) is 4.99. The minimum atomic E-state index is -0.628. The van der Waals surface area contributed by atoms with Gasteiger partial charge in [-0.1, -0.05) is 37.8 Å². The fraction of sp³-hybridized carbons (Fsp3) is 0.588. The van der Waals surface area contributed by atoms with Crippen LogP contribution >= 0.6 is 11.8 Å². The summed E-state index contributed by atoms with van der Waals surface area (Å²) in [7, 11) is 0. The molecule has 1 aromatic rings. The Kier molecular flexibility index (Phi) is 6.58. The van der Waals surface area contributed by atoms with E-state index in [9.17, 15) is 9.90 Å². The Balaban J connectivity index is 1.69. The maximum atomic E-state index is 11.8. The maximum Gasteiger partial charge on any atom is 0.220 e. The molecule has 1 aliphatic carbocycles. The minimum absolute atomic E-state index is 0.0571. The highest BCUT2D eigenvalue weighted by molar-refractivity contribution is 7.98. The lowest BCUT2D eigenvalue weighted by atomic mass is 10.0. The molecule has 0 aromatic heterocycles. The highest BCUT2D eigenvalue weighted by Gasteiger charge is 2.16. The van der Waals surface area contributed by atoms with Crippen molar-refractivity contribution in [2.45, 2.75) is 49.5 Å². The number of thioether (sulfide) groups is 1. The largest absolute Gasteiger partial charge is 0.387 e. The highest BCUT2D eigenvalue weighted by atomic mass is 32.2. The van der Waals surface area contributed by atoms with Crippen LogP contribution in [0.3, 0.4) is 0 Å². The van der Waals surface area contributed by atoms with Gasteiger partial charge in [0.25, 0.3) is 0 Å². The van der Waals surface area contributed by atoms with Gasteiger partial charge < -0.3 is 10.4 Å². The van der Waals surface area contributed by atoms with Gasteiger partial charge in [0.05, 0.1) is 6.10 Å². The van der Waals surface area contributed by atoms with Crippen molar-refractivity contribution < 1.29 is 9.90 Å². The van der Waals surface area contributed by atoms with Gasteiger partial charge in [0.2, 0.25) is 5.91 Å². The van der Waals surface area contributed by atoms with Gasteiger partial charge in [-0.25, -0.2) is 0 Å². The molecule has 0 bridgehead atoms. The summed E-state index contributed by atoms with van der Waals surface area (Å²) in [6.45, 7) is 0.294. The molecule has 0 saturated heterocycles. The van der Waals surface area contributed by atoms with E-state index in [0.29, 0.717) is 13.0 Å². The number of aliphatic hydroxyl groups is 1. The van der Waals surface area contributed by atoms with Crippen LogP contribution in [-0.4, -0.2) is 23.8 Å². The maximum absolute atomic E-state index is 11.8. The molecule has 1 aromatic carbocycles. The molecule has 1 unspecified atom stereocenters. The molecule has 0 heterocycles. The van der Waals surface area contributed by atoms with E-state index in [1.807, 2.05) is 30.5 Å². The zero-order valence-electron chi connectivity index (χ0n) is 12.7. The molecule has 0 aliphatic heterocycles. The second-order valence-electron chi connectivity index (χ2n) is 5.78. The molecular weight excluding hydrogens is 282 g/mol. The number of aliphatic hydroxyl groups excluding tert-OH is 1. The third-order valence-electron chi connectivity index (χ3n) is 4.25. The SMILES string of the molecule is CSc1ccc(C(O)CNC(=O)CCC2CCCC2)cc1. The Morgan fingerprint density at radius 2 is 2.00 bits per heavy atom. The Hall–Kier alpha value is -1.00. The number of rotatable bonds is 7. The van der Waals surface area contributed by atoms with E-state index in [1.165, 1.54) is 30.6 Å². The first kappa shape index (κ1) is 16.4. The molecule has 116 valence electrons. The first-order chi connectivity index (χ1) is 10.2. The minimum Gasteiger partial charge on any atom is -0.387 e. The summed E-state index contributed by atoms with van der Waals surface area (Å²) < 4.78 is 0. The Morgan fingerprint density at radius 1 is 1.33 bits per heavy atom. The van der Waals surface area contributed by atoms with Crippen molar-refractivity contribution in [1.29, 1.82) is 0 Å². The fourth-order valence-electron chi connectivity index (χ4n) is 2.88. The average molecular weight is 307 g/mol. The first-order valence-corrected chi connectivity index (χ1v) is 9.00. The predicted molar refractivity (Wildman–Crippen MR) is 87.4 cm³/mol. The predicted octanol–water partition coefficient (Wildman–Crippen LogP) is 3.53. The van der Waals surface area contributed by atoms with E-state index < -0.39 is 6.10 Å². The number of hydrogen-bond acceptors (Lipinski definition) is 3. The third kappa shape index (κ3) is 5.36. The molecule has 2 rings (SSSR count). The van der Waals surface area contributed by atoms with Gasteiger partial charge in [0, 0.05) is 17.9 Å². The van der Waals surface area contributed by atoms with Crippen molar-refractivity contribution in [1.82, 2.24) is 5.32 Å². The quantitative estimate of drug-likeness (QED) is 0.758. The number of benzene rings is 1. The summed E-state index contributed by atoms with van der Waals surface area (Å²) in [5.74, 6) is 0.793. The molecule has 1 amide bonds. The van der Waals surface area contributed by atoms with E-state index in [-0.39, 0.29) is 5.91 Å². The Bertz CT molecular complexity index is 441. The molecule has 1 atom stereocenters. The second-order valence-corrected chi connectivity index (χ2v) is 6.66. The van der Waals surface area contributed by atoms with Gasteiger partial charge in [-0.2, -0.15) is 0 Å². The van der Waals surface area contributed by atoms with Gasteiger partial charge in [0.1, 0.15) is 0 Å². The molecule has 1 saturated carbocycles. The van der Waals surface area contributed by atoms with Gasteiger partial charge >= 0.3 is 0 Å². The van der Waals surface area contributed by atoms with E-state index in [2.05, 4.69) is 5.32 Å². The number of amides is 1. The standard InChI is InChI=1S/C17H25NO2S/c1-21-15-9-7-14(8-10-15)16(19)12-18-17(20)11-6-13-4-2-3-5-13/h7-10,13,16,19H,2-6,11-12H2,1H3,(H,18,20). The van der Waals surface area contributed by atoms with E-state index >= 15 is 0 Å². The molecule has 4 heteroatoms. The van der Waals surface area contributed by atoms with Crippen LogP contribution in [0.1, 0.15) is 50.2 Å². The normalized spacial score (nSPS) is 16.9. The molecule has 3 nitrogen and oxygen atoms in total. The van der Waals surface area contributed by atoms with Crippen LogP contribution in [-0.2, 0) is 4.79 Å². The molecule has 0 spiro atoms. The number of nitrogens with one attached hydrogen (secondary N) is 1. The molecule has 21 heavy (non-hydrogen) atoms. The summed E-state index contributed by atoms with van der Waals surface area (Å²) in [6, 6.07) is 7.82. The summed E-state index contributed by atoms with van der Waals surface area (Å²) in [5.41, 5.74) is 0.851. The van der Waals surface area contributed by atoms with Crippen LogP contribution in [0.5, 0.6) is 0 Å². The lowest BCUT2D eigenvalue weighted by Crippen LogP contribution is -2.28. The number of carbonyl (C=O) groups excluding carboxylic acids is 1. The molecule has 1 fully saturated rings. The fourth-order valence-corrected chi connectivity index (χ4v) is 3.29. The van der Waals surface area contributed by atoms with Crippen molar-refractivity contribution in [2.75, 3.05) is 12.8 Å². The highest BCUT2D eigenvalue weighted by Crippen LogP contribution is 2.28. The van der Waals surface area contributed by atoms with E-state index in [0.717, 1.165) is 17.9 Å². The van der Waals surface area contributed by atoms with Crippen LogP contribution in [0.15, 0.2) is 29.2 Å². The smallest absolute Gasteiger partial charge is 0.220 e. The zero-order chi connectivity index (χ0) is 15.1. The topological polar surface area (TPSA) is 49.3 Å². The Labute approximate surface area is 131 Å². The lowest BCUT2D eigenvalue weighted by molar-refractivity contribution is -0.121. The summed E-state index contributed by atoms with van der Waals surface area (Å²) in [5, 5.41) is 12.9. The summed E-state index contributed by atoms with van der Waals surface area (Å²) in [4.78, 5) is 13.0. The second kappa shape index (κ2) is 8.44. The van der Waals surface area contributed by atoms with Crippen molar-refractivity contribution in [3.63, 3.8) is 0 Å². The van der Waals surface area contributed by atoms with Crippen LogP contribution in [0.4, 0.5) is 0 Å². The van der Waals surface area contributed by atoms with Crippen LogP contribution in [0.2, 0.25) is 0 Å². The van der Waals surface area contributed by atoms with Gasteiger partial charge in [-0.15, -0.1) is 11.8 Å². The van der Waals surface area contributed by atoms with Crippen molar-refractivity contribution in [2.24, 2.45) is 5.92 Å².